The molecule has 0 aliphatic heterocycles. The summed E-state index contributed by atoms with van der Waals surface area (Å²) in [6.07, 6.45) is 13.8. The van der Waals surface area contributed by atoms with Gasteiger partial charge in [0.15, 0.2) is 0 Å². The van der Waals surface area contributed by atoms with Crippen molar-refractivity contribution in [3.63, 3.8) is 0 Å². The SMILES string of the molecule is O=C(CSc1nnnn1C1CCCCC1)C12CC3CC(CC(C3)C1)C2. The molecule has 5 saturated carbocycles. The summed E-state index contributed by atoms with van der Waals surface area (Å²) in [5, 5.41) is 13.2. The predicted molar refractivity (Wildman–Crippen MR) is 96.3 cm³/mol. The van der Waals surface area contributed by atoms with E-state index < -0.39 is 0 Å². The molecule has 5 fully saturated rings. The van der Waals surface area contributed by atoms with E-state index in [0.29, 0.717) is 17.6 Å². The van der Waals surface area contributed by atoms with Gasteiger partial charge in [-0.25, -0.2) is 4.68 Å². The van der Waals surface area contributed by atoms with Gasteiger partial charge in [-0.2, -0.15) is 0 Å². The summed E-state index contributed by atoms with van der Waals surface area (Å²) < 4.78 is 2.00. The Bertz CT molecular complexity index is 616. The summed E-state index contributed by atoms with van der Waals surface area (Å²) in [6.45, 7) is 0. The fraction of sp³-hybridized carbons (Fsp3) is 0.895. The van der Waals surface area contributed by atoms with Crippen LogP contribution in [0.15, 0.2) is 5.16 Å². The molecule has 0 spiro atoms. The lowest BCUT2D eigenvalue weighted by molar-refractivity contribution is -0.141. The topological polar surface area (TPSA) is 60.7 Å². The van der Waals surface area contributed by atoms with Crippen molar-refractivity contribution in [1.29, 1.82) is 0 Å². The standard InChI is InChI=1S/C19H28N4OS/c24-17(19-9-13-6-14(10-19)8-15(7-13)11-19)12-25-18-20-21-22-23(18)16-4-2-1-3-5-16/h13-16H,1-12H2. The van der Waals surface area contributed by atoms with Gasteiger partial charge in [0, 0.05) is 5.41 Å². The van der Waals surface area contributed by atoms with Crippen LogP contribution in [0, 0.1) is 23.2 Å². The third-order valence-electron chi connectivity index (χ3n) is 7.35. The van der Waals surface area contributed by atoms with Crippen LogP contribution in [0.5, 0.6) is 0 Å². The van der Waals surface area contributed by atoms with E-state index in [4.69, 9.17) is 0 Å². The number of rotatable bonds is 5. The molecule has 5 nitrogen and oxygen atoms in total. The summed E-state index contributed by atoms with van der Waals surface area (Å²) in [5.41, 5.74) is 0.00483. The van der Waals surface area contributed by atoms with Crippen molar-refractivity contribution in [2.75, 3.05) is 5.75 Å². The Kier molecular flexibility index (Phi) is 4.14. The van der Waals surface area contributed by atoms with Gasteiger partial charge >= 0.3 is 0 Å². The number of ketones is 1. The van der Waals surface area contributed by atoms with Gasteiger partial charge in [-0.05, 0) is 79.5 Å². The maximum atomic E-state index is 13.2. The number of hydrogen-bond donors (Lipinski definition) is 0. The second kappa shape index (κ2) is 6.36. The molecule has 0 radical (unpaired) electrons. The molecule has 0 aromatic carbocycles. The third kappa shape index (κ3) is 2.94. The van der Waals surface area contributed by atoms with Crippen molar-refractivity contribution < 1.29 is 4.79 Å². The van der Waals surface area contributed by atoms with Crippen molar-refractivity contribution in [2.24, 2.45) is 23.2 Å². The zero-order chi connectivity index (χ0) is 16.9. The minimum Gasteiger partial charge on any atom is -0.298 e. The first-order valence-electron chi connectivity index (χ1n) is 10.2. The summed E-state index contributed by atoms with van der Waals surface area (Å²) >= 11 is 1.58. The molecule has 25 heavy (non-hydrogen) atoms. The molecular weight excluding hydrogens is 332 g/mol. The fourth-order valence-corrected chi connectivity index (χ4v) is 7.55. The van der Waals surface area contributed by atoms with Crippen LogP contribution in [0.2, 0.25) is 0 Å². The van der Waals surface area contributed by atoms with Crippen molar-refractivity contribution in [3.05, 3.63) is 0 Å². The highest BCUT2D eigenvalue weighted by Gasteiger charge is 2.54. The molecular formula is C19H28N4OS. The van der Waals surface area contributed by atoms with Crippen LogP contribution in [0.1, 0.15) is 76.7 Å². The Morgan fingerprint density at radius 3 is 2.32 bits per heavy atom. The Labute approximate surface area is 153 Å². The van der Waals surface area contributed by atoms with E-state index in [0.717, 1.165) is 42.2 Å². The van der Waals surface area contributed by atoms with Gasteiger partial charge in [0.05, 0.1) is 11.8 Å². The van der Waals surface area contributed by atoms with Gasteiger partial charge in [0.1, 0.15) is 5.78 Å². The molecule has 5 aliphatic rings. The van der Waals surface area contributed by atoms with E-state index in [1.165, 1.54) is 51.4 Å². The zero-order valence-corrected chi connectivity index (χ0v) is 15.7. The molecule has 4 bridgehead atoms. The number of nitrogens with zero attached hydrogens (tertiary/aromatic N) is 4. The minimum atomic E-state index is 0.00483. The molecule has 1 aromatic heterocycles. The molecule has 0 amide bonds. The molecule has 1 heterocycles. The van der Waals surface area contributed by atoms with Crippen LogP contribution in [0.4, 0.5) is 0 Å². The lowest BCUT2D eigenvalue weighted by Crippen LogP contribution is -2.50. The lowest BCUT2D eigenvalue weighted by Gasteiger charge is -2.56. The molecule has 0 saturated heterocycles. The van der Waals surface area contributed by atoms with Gasteiger partial charge in [0.25, 0.3) is 0 Å². The van der Waals surface area contributed by atoms with Gasteiger partial charge in [-0.15, -0.1) is 5.10 Å². The van der Waals surface area contributed by atoms with Crippen molar-refractivity contribution >= 4 is 17.5 Å². The normalized spacial score (nSPS) is 37.5. The number of tetrazole rings is 1. The second-order valence-corrected chi connectivity index (χ2v) is 10.1. The molecule has 1 aromatic rings. The van der Waals surface area contributed by atoms with Crippen LogP contribution >= 0.6 is 11.8 Å². The maximum Gasteiger partial charge on any atom is 0.210 e. The van der Waals surface area contributed by atoms with E-state index in [-0.39, 0.29) is 5.41 Å². The van der Waals surface area contributed by atoms with E-state index in [9.17, 15) is 4.79 Å². The van der Waals surface area contributed by atoms with E-state index in [1.807, 2.05) is 4.68 Å². The van der Waals surface area contributed by atoms with Crippen molar-refractivity contribution in [2.45, 2.75) is 81.8 Å². The van der Waals surface area contributed by atoms with Crippen LogP contribution < -0.4 is 0 Å². The molecule has 0 unspecified atom stereocenters. The third-order valence-corrected chi connectivity index (χ3v) is 8.28. The Morgan fingerprint density at radius 2 is 1.68 bits per heavy atom. The molecule has 6 heteroatoms. The second-order valence-electron chi connectivity index (χ2n) is 9.11. The van der Waals surface area contributed by atoms with Crippen molar-refractivity contribution in [3.8, 4) is 0 Å². The van der Waals surface area contributed by atoms with Gasteiger partial charge in [-0.3, -0.25) is 4.79 Å². The smallest absolute Gasteiger partial charge is 0.210 e. The first-order chi connectivity index (χ1) is 12.2. The van der Waals surface area contributed by atoms with Crippen LogP contribution in [-0.4, -0.2) is 31.7 Å². The quantitative estimate of drug-likeness (QED) is 0.741. The average Bonchev–Trinajstić information content (AvgIpc) is 3.08. The number of carbonyl (C=O) groups excluding carboxylic acids is 1. The number of thioether (sulfide) groups is 1. The molecule has 136 valence electrons. The Morgan fingerprint density at radius 1 is 1.04 bits per heavy atom. The lowest BCUT2D eigenvalue weighted by atomic mass is 9.48. The van der Waals surface area contributed by atoms with E-state index in [2.05, 4.69) is 15.5 Å². The molecule has 0 N–H and O–H groups in total. The van der Waals surface area contributed by atoms with Crippen LogP contribution in [-0.2, 0) is 4.79 Å². The van der Waals surface area contributed by atoms with E-state index >= 15 is 0 Å². The molecule has 6 rings (SSSR count). The monoisotopic (exact) mass is 360 g/mol. The summed E-state index contributed by atoms with van der Waals surface area (Å²) in [7, 11) is 0. The highest BCUT2D eigenvalue weighted by molar-refractivity contribution is 7.99. The number of Topliss-reactive ketones (excluding diaryl/α,β-unsaturated/α-hetero) is 1. The Hall–Kier alpha value is -0.910. The van der Waals surface area contributed by atoms with Crippen LogP contribution in [0.25, 0.3) is 0 Å². The fourth-order valence-electron chi connectivity index (χ4n) is 6.57. The number of hydrogen-bond acceptors (Lipinski definition) is 5. The molecule has 0 atom stereocenters. The minimum absolute atomic E-state index is 0.00483. The van der Waals surface area contributed by atoms with Gasteiger partial charge in [-0.1, -0.05) is 31.0 Å². The first-order valence-corrected chi connectivity index (χ1v) is 11.1. The largest absolute Gasteiger partial charge is 0.298 e. The van der Waals surface area contributed by atoms with Gasteiger partial charge in [0.2, 0.25) is 5.16 Å². The highest BCUT2D eigenvalue weighted by atomic mass is 32.2. The number of aromatic nitrogens is 4. The number of carbonyl (C=O) groups is 1. The van der Waals surface area contributed by atoms with E-state index in [1.54, 1.807) is 11.8 Å². The summed E-state index contributed by atoms with van der Waals surface area (Å²) in [4.78, 5) is 13.2. The predicted octanol–water partition coefficient (Wildman–Crippen LogP) is 4.06. The van der Waals surface area contributed by atoms with Crippen LogP contribution in [0.3, 0.4) is 0 Å². The van der Waals surface area contributed by atoms with Crippen molar-refractivity contribution in [1.82, 2.24) is 20.2 Å². The average molecular weight is 361 g/mol. The first kappa shape index (κ1) is 16.3. The maximum absolute atomic E-state index is 13.2. The highest BCUT2D eigenvalue weighted by Crippen LogP contribution is 2.60. The molecule has 5 aliphatic carbocycles. The summed E-state index contributed by atoms with van der Waals surface area (Å²) in [5.74, 6) is 3.52. The van der Waals surface area contributed by atoms with Gasteiger partial charge < -0.3 is 0 Å². The summed E-state index contributed by atoms with van der Waals surface area (Å²) in [6, 6.07) is 0.431. The Balaban J connectivity index is 1.26. The zero-order valence-electron chi connectivity index (χ0n) is 14.9.